The van der Waals surface area contributed by atoms with Crippen molar-refractivity contribution in [3.05, 3.63) is 12.4 Å². The van der Waals surface area contributed by atoms with Gasteiger partial charge in [0.1, 0.15) is 4.90 Å². The molecule has 0 spiro atoms. The van der Waals surface area contributed by atoms with E-state index >= 15 is 0 Å². The molecule has 1 aliphatic heterocycles. The van der Waals surface area contributed by atoms with Crippen LogP contribution in [0.2, 0.25) is 0 Å². The van der Waals surface area contributed by atoms with Crippen molar-refractivity contribution in [3.63, 3.8) is 0 Å². The Balaban J connectivity index is 2.08. The van der Waals surface area contributed by atoms with Gasteiger partial charge in [0.2, 0.25) is 10.0 Å². The molecule has 0 saturated carbocycles. The predicted molar refractivity (Wildman–Crippen MR) is 73.8 cm³/mol. The molecular formula is C11H19ClN4O2S. The molecule has 0 amide bonds. The van der Waals surface area contributed by atoms with Crippen LogP contribution in [0.25, 0.3) is 0 Å². The molecule has 0 aromatic carbocycles. The van der Waals surface area contributed by atoms with Crippen molar-refractivity contribution in [3.8, 4) is 0 Å². The number of alkyl halides is 1. The first-order valence-corrected chi connectivity index (χ1v) is 8.28. The summed E-state index contributed by atoms with van der Waals surface area (Å²) in [6.07, 6.45) is 3.78. The molecule has 19 heavy (non-hydrogen) atoms. The Labute approximate surface area is 119 Å². The molecule has 0 bridgehead atoms. The van der Waals surface area contributed by atoms with Gasteiger partial charge in [-0.2, -0.15) is 9.40 Å². The van der Waals surface area contributed by atoms with Crippen LogP contribution in [0.5, 0.6) is 0 Å². The highest BCUT2D eigenvalue weighted by Gasteiger charge is 2.28. The average molecular weight is 307 g/mol. The van der Waals surface area contributed by atoms with Crippen LogP contribution in [0.4, 0.5) is 0 Å². The number of piperazine rings is 1. The third kappa shape index (κ3) is 3.47. The smallest absolute Gasteiger partial charge is 0.246 e. The van der Waals surface area contributed by atoms with Gasteiger partial charge in [-0.25, -0.2) is 8.42 Å². The van der Waals surface area contributed by atoms with Crippen molar-refractivity contribution in [2.75, 3.05) is 39.1 Å². The summed E-state index contributed by atoms with van der Waals surface area (Å²) in [6, 6.07) is 0. The van der Waals surface area contributed by atoms with Gasteiger partial charge in [0, 0.05) is 44.8 Å². The van der Waals surface area contributed by atoms with Crippen molar-refractivity contribution in [1.29, 1.82) is 0 Å². The lowest BCUT2D eigenvalue weighted by Gasteiger charge is -2.31. The fraction of sp³-hybridized carbons (Fsp3) is 0.727. The topological polar surface area (TPSA) is 58.4 Å². The first kappa shape index (κ1) is 14.8. The van der Waals surface area contributed by atoms with Gasteiger partial charge in [0.15, 0.2) is 0 Å². The Hall–Kier alpha value is -0.630. The summed E-state index contributed by atoms with van der Waals surface area (Å²) in [5, 5.41) is 4.07. The van der Waals surface area contributed by atoms with Crippen LogP contribution >= 0.6 is 11.6 Å². The Morgan fingerprint density at radius 1 is 1.32 bits per heavy atom. The minimum Gasteiger partial charge on any atom is -0.304 e. The molecule has 1 aromatic heterocycles. The quantitative estimate of drug-likeness (QED) is 0.741. The zero-order chi connectivity index (χ0) is 13.9. The normalized spacial score (nSPS) is 18.8. The fourth-order valence-electron chi connectivity index (χ4n) is 2.00. The minimum absolute atomic E-state index is 0.270. The number of hydrogen-bond acceptors (Lipinski definition) is 4. The van der Waals surface area contributed by atoms with Crippen LogP contribution in [-0.2, 0) is 16.6 Å². The average Bonchev–Trinajstić information content (AvgIpc) is 2.86. The molecule has 1 saturated heterocycles. The number of aromatic nitrogens is 2. The van der Waals surface area contributed by atoms with E-state index in [-0.39, 0.29) is 4.90 Å². The molecular weight excluding hydrogens is 288 g/mol. The third-order valence-corrected chi connectivity index (χ3v) is 5.35. The molecule has 6 nitrogen and oxygen atoms in total. The van der Waals surface area contributed by atoms with Gasteiger partial charge in [-0.15, -0.1) is 11.6 Å². The SMILES string of the molecule is CN1CCN(S(=O)(=O)c2cnn(CCCCl)c2)CC1. The molecule has 0 aliphatic carbocycles. The summed E-state index contributed by atoms with van der Waals surface area (Å²) in [5.74, 6) is 0.542. The first-order chi connectivity index (χ1) is 9.04. The van der Waals surface area contributed by atoms with E-state index in [1.807, 2.05) is 7.05 Å². The molecule has 2 heterocycles. The summed E-state index contributed by atoms with van der Waals surface area (Å²) in [4.78, 5) is 2.39. The zero-order valence-corrected chi connectivity index (χ0v) is 12.6. The number of nitrogens with zero attached hydrogens (tertiary/aromatic N) is 4. The Bertz CT molecular complexity index is 509. The predicted octanol–water partition coefficient (Wildman–Crippen LogP) is 0.448. The van der Waals surface area contributed by atoms with Gasteiger partial charge in [0.25, 0.3) is 0 Å². The van der Waals surface area contributed by atoms with Crippen LogP contribution in [0.3, 0.4) is 0 Å². The van der Waals surface area contributed by atoms with Crippen molar-refractivity contribution < 1.29 is 8.42 Å². The van der Waals surface area contributed by atoms with Gasteiger partial charge in [-0.3, -0.25) is 4.68 Å². The van der Waals surface area contributed by atoms with Crippen LogP contribution < -0.4 is 0 Å². The number of sulfonamides is 1. The van der Waals surface area contributed by atoms with Crippen LogP contribution in [0.15, 0.2) is 17.3 Å². The molecule has 8 heteroatoms. The maximum Gasteiger partial charge on any atom is 0.246 e. The van der Waals surface area contributed by atoms with E-state index in [1.165, 1.54) is 10.5 Å². The van der Waals surface area contributed by atoms with Gasteiger partial charge in [-0.1, -0.05) is 0 Å². The number of aryl methyl sites for hydroxylation is 1. The van der Waals surface area contributed by atoms with Crippen LogP contribution in [0, 0.1) is 0 Å². The standard InChI is InChI=1S/C11H19ClN4O2S/c1-14-5-7-16(8-6-14)19(17,18)11-9-13-15(10-11)4-2-3-12/h9-10H,2-8H2,1H3. The van der Waals surface area contributed by atoms with Crippen molar-refractivity contribution >= 4 is 21.6 Å². The fourth-order valence-corrected chi connectivity index (χ4v) is 3.50. The lowest BCUT2D eigenvalue weighted by Crippen LogP contribution is -2.46. The van der Waals surface area contributed by atoms with Crippen molar-refractivity contribution in [2.45, 2.75) is 17.9 Å². The number of rotatable bonds is 5. The molecule has 108 valence electrons. The largest absolute Gasteiger partial charge is 0.304 e. The lowest BCUT2D eigenvalue weighted by molar-refractivity contribution is 0.222. The molecule has 1 aromatic rings. The molecule has 1 aliphatic rings. The first-order valence-electron chi connectivity index (χ1n) is 6.31. The monoisotopic (exact) mass is 306 g/mol. The summed E-state index contributed by atoms with van der Waals surface area (Å²) < 4.78 is 28.0. The highest BCUT2D eigenvalue weighted by Crippen LogP contribution is 2.16. The zero-order valence-electron chi connectivity index (χ0n) is 11.0. The van der Waals surface area contributed by atoms with Crippen molar-refractivity contribution in [1.82, 2.24) is 19.0 Å². The third-order valence-electron chi connectivity index (χ3n) is 3.23. The van der Waals surface area contributed by atoms with Gasteiger partial charge in [-0.05, 0) is 13.5 Å². The molecule has 0 N–H and O–H groups in total. The van der Waals surface area contributed by atoms with E-state index in [0.717, 1.165) is 19.5 Å². The van der Waals surface area contributed by atoms with E-state index in [0.29, 0.717) is 25.5 Å². The number of halogens is 1. The van der Waals surface area contributed by atoms with E-state index in [1.54, 1.807) is 10.9 Å². The maximum atomic E-state index is 12.4. The summed E-state index contributed by atoms with van der Waals surface area (Å²) >= 11 is 5.61. The Kier molecular flexibility index (Phi) is 4.83. The van der Waals surface area contributed by atoms with E-state index in [9.17, 15) is 8.42 Å². The Morgan fingerprint density at radius 3 is 2.63 bits per heavy atom. The van der Waals surface area contributed by atoms with Crippen LogP contribution in [-0.4, -0.2) is 66.5 Å². The van der Waals surface area contributed by atoms with E-state index < -0.39 is 10.0 Å². The Morgan fingerprint density at radius 2 is 2.00 bits per heavy atom. The van der Waals surface area contributed by atoms with Gasteiger partial charge < -0.3 is 4.90 Å². The van der Waals surface area contributed by atoms with E-state index in [4.69, 9.17) is 11.6 Å². The van der Waals surface area contributed by atoms with Gasteiger partial charge >= 0.3 is 0 Å². The minimum atomic E-state index is -3.40. The number of hydrogen-bond donors (Lipinski definition) is 0. The van der Waals surface area contributed by atoms with Crippen LogP contribution in [0.1, 0.15) is 6.42 Å². The number of likely N-dealkylation sites (N-methyl/N-ethyl adjacent to an activating group) is 1. The maximum absolute atomic E-state index is 12.4. The lowest BCUT2D eigenvalue weighted by atomic mass is 10.4. The second-order valence-corrected chi connectivity index (χ2v) is 7.00. The summed E-state index contributed by atoms with van der Waals surface area (Å²) in [5.41, 5.74) is 0. The second-order valence-electron chi connectivity index (χ2n) is 4.69. The highest BCUT2D eigenvalue weighted by atomic mass is 35.5. The molecule has 0 unspecified atom stereocenters. The van der Waals surface area contributed by atoms with Gasteiger partial charge in [0.05, 0.1) is 6.20 Å². The summed E-state index contributed by atoms with van der Waals surface area (Å²) in [6.45, 7) is 3.23. The summed E-state index contributed by atoms with van der Waals surface area (Å²) in [7, 11) is -1.41. The second kappa shape index (κ2) is 6.21. The highest BCUT2D eigenvalue weighted by molar-refractivity contribution is 7.89. The molecule has 0 radical (unpaired) electrons. The molecule has 0 atom stereocenters. The van der Waals surface area contributed by atoms with Crippen molar-refractivity contribution in [2.24, 2.45) is 0 Å². The van der Waals surface area contributed by atoms with E-state index in [2.05, 4.69) is 10.00 Å². The molecule has 2 rings (SSSR count). The molecule has 1 fully saturated rings.